The third-order valence-electron chi connectivity index (χ3n) is 6.64. The Morgan fingerprint density at radius 3 is 2.63 bits per heavy atom. The molecule has 0 N–H and O–H groups in total. The van der Waals surface area contributed by atoms with Crippen molar-refractivity contribution < 1.29 is 17.9 Å². The van der Waals surface area contributed by atoms with Crippen LogP contribution in [0, 0.1) is 13.8 Å². The first-order chi connectivity index (χ1) is 18.2. The highest BCUT2D eigenvalue weighted by Gasteiger charge is 2.27. The molecule has 1 atom stereocenters. The van der Waals surface area contributed by atoms with Gasteiger partial charge in [0.15, 0.2) is 5.13 Å². The molecule has 10 heteroatoms. The van der Waals surface area contributed by atoms with Crippen LogP contribution in [-0.4, -0.2) is 54.9 Å². The van der Waals surface area contributed by atoms with E-state index in [1.54, 1.807) is 36.5 Å². The zero-order valence-electron chi connectivity index (χ0n) is 21.6. The Balaban J connectivity index is 1.44. The minimum absolute atomic E-state index is 0.0853. The van der Waals surface area contributed by atoms with Crippen LogP contribution in [0.4, 0.5) is 5.13 Å². The molecule has 0 spiro atoms. The maximum Gasteiger partial charge on any atom is 0.260 e. The minimum Gasteiger partial charge on any atom is -0.377 e. The smallest absolute Gasteiger partial charge is 0.260 e. The second-order valence-corrected chi connectivity index (χ2v) is 12.6. The van der Waals surface area contributed by atoms with Gasteiger partial charge in [-0.1, -0.05) is 23.5 Å². The standard InChI is InChI=1S/C28H30N4O4S2/c1-19-14-20(2)26-25(15-19)30-28(37-26)32(17-21-6-4-12-29-16-21)27(33)22-8-10-24(11-9-22)38(34,35)31(3)18-23-7-5-13-36-23/h4,6,8-12,14-16,23H,5,7,13,17-18H2,1-3H3. The normalized spacial score (nSPS) is 15.8. The number of hydrogen-bond donors (Lipinski definition) is 0. The summed E-state index contributed by atoms with van der Waals surface area (Å²) < 4.78 is 34.2. The first kappa shape index (κ1) is 26.4. The van der Waals surface area contributed by atoms with Crippen LogP contribution in [0.3, 0.4) is 0 Å². The fraction of sp³-hybridized carbons (Fsp3) is 0.321. The molecule has 1 amide bonds. The molecule has 198 valence electrons. The lowest BCUT2D eigenvalue weighted by atomic mass is 10.1. The zero-order chi connectivity index (χ0) is 26.9. The van der Waals surface area contributed by atoms with Gasteiger partial charge in [0.2, 0.25) is 10.0 Å². The molecular formula is C28H30N4O4S2. The van der Waals surface area contributed by atoms with Crippen molar-refractivity contribution in [1.82, 2.24) is 14.3 Å². The van der Waals surface area contributed by atoms with Crippen LogP contribution >= 0.6 is 11.3 Å². The third-order valence-corrected chi connectivity index (χ3v) is 9.71. The quantitative estimate of drug-likeness (QED) is 0.308. The van der Waals surface area contributed by atoms with E-state index in [0.717, 1.165) is 39.7 Å². The van der Waals surface area contributed by atoms with Crippen molar-refractivity contribution in [3.63, 3.8) is 0 Å². The summed E-state index contributed by atoms with van der Waals surface area (Å²) in [5.74, 6) is -0.265. The van der Waals surface area contributed by atoms with Crippen LogP contribution in [0.1, 0.15) is 39.9 Å². The van der Waals surface area contributed by atoms with Crippen LogP contribution in [0.5, 0.6) is 0 Å². The number of rotatable bonds is 8. The first-order valence-electron chi connectivity index (χ1n) is 12.5. The number of aryl methyl sites for hydroxylation is 2. The monoisotopic (exact) mass is 550 g/mol. The number of benzene rings is 2. The molecule has 1 aliphatic heterocycles. The number of aromatic nitrogens is 2. The molecule has 2 aromatic carbocycles. The number of nitrogens with zero attached hydrogens (tertiary/aromatic N) is 4. The van der Waals surface area contributed by atoms with Crippen molar-refractivity contribution in [2.75, 3.05) is 25.1 Å². The largest absolute Gasteiger partial charge is 0.377 e. The average Bonchev–Trinajstić information content (AvgIpc) is 3.57. The van der Waals surface area contributed by atoms with Gasteiger partial charge in [-0.05, 0) is 79.8 Å². The number of hydrogen-bond acceptors (Lipinski definition) is 7. The number of amides is 1. The lowest BCUT2D eigenvalue weighted by molar-refractivity contribution is 0.0978. The molecule has 1 unspecified atom stereocenters. The lowest BCUT2D eigenvalue weighted by Gasteiger charge is -2.21. The number of pyridine rings is 1. The molecule has 0 bridgehead atoms. The van der Waals surface area contributed by atoms with Crippen molar-refractivity contribution in [3.05, 3.63) is 83.2 Å². The highest BCUT2D eigenvalue weighted by molar-refractivity contribution is 7.89. The van der Waals surface area contributed by atoms with Crippen molar-refractivity contribution in [2.24, 2.45) is 0 Å². The van der Waals surface area contributed by atoms with Gasteiger partial charge in [0.25, 0.3) is 5.91 Å². The summed E-state index contributed by atoms with van der Waals surface area (Å²) in [4.78, 5) is 24.5. The van der Waals surface area contributed by atoms with Crippen LogP contribution in [0.15, 0.2) is 65.8 Å². The number of carbonyl (C=O) groups is 1. The number of likely N-dealkylation sites (N-methyl/N-ethyl adjacent to an activating group) is 1. The summed E-state index contributed by atoms with van der Waals surface area (Å²) in [6, 6.07) is 14.0. The topological polar surface area (TPSA) is 92.7 Å². The van der Waals surface area contributed by atoms with E-state index in [1.165, 1.54) is 27.8 Å². The summed E-state index contributed by atoms with van der Waals surface area (Å²) in [5, 5.41) is 0.579. The molecule has 1 fully saturated rings. The van der Waals surface area contributed by atoms with Gasteiger partial charge in [-0.3, -0.25) is 14.7 Å². The summed E-state index contributed by atoms with van der Waals surface area (Å²) in [7, 11) is -2.15. The van der Waals surface area contributed by atoms with E-state index in [9.17, 15) is 13.2 Å². The third kappa shape index (κ3) is 5.49. The molecule has 2 aromatic heterocycles. The second-order valence-electron chi connectivity index (χ2n) is 9.62. The van der Waals surface area contributed by atoms with E-state index in [1.807, 2.05) is 32.0 Å². The van der Waals surface area contributed by atoms with Gasteiger partial charge in [-0.15, -0.1) is 0 Å². The van der Waals surface area contributed by atoms with Crippen molar-refractivity contribution in [3.8, 4) is 0 Å². The first-order valence-corrected chi connectivity index (χ1v) is 14.7. The van der Waals surface area contributed by atoms with E-state index >= 15 is 0 Å². The summed E-state index contributed by atoms with van der Waals surface area (Å²) in [5.41, 5.74) is 4.31. The molecule has 3 heterocycles. The second kappa shape index (κ2) is 10.9. The van der Waals surface area contributed by atoms with Gasteiger partial charge in [-0.25, -0.2) is 13.4 Å². The van der Waals surface area contributed by atoms with Crippen molar-refractivity contribution in [2.45, 2.75) is 44.2 Å². The number of ether oxygens (including phenoxy) is 1. The van der Waals surface area contributed by atoms with E-state index < -0.39 is 10.0 Å². The Morgan fingerprint density at radius 2 is 1.95 bits per heavy atom. The highest BCUT2D eigenvalue weighted by Crippen LogP contribution is 2.33. The van der Waals surface area contributed by atoms with E-state index in [4.69, 9.17) is 9.72 Å². The maximum atomic E-state index is 13.8. The van der Waals surface area contributed by atoms with Gasteiger partial charge in [0.1, 0.15) is 0 Å². The molecule has 0 aliphatic carbocycles. The molecule has 5 rings (SSSR count). The van der Waals surface area contributed by atoms with Crippen molar-refractivity contribution in [1.29, 1.82) is 0 Å². The Labute approximate surface area is 227 Å². The SMILES string of the molecule is Cc1cc(C)c2sc(N(Cc3cccnc3)C(=O)c3ccc(S(=O)(=O)N(C)CC4CCCO4)cc3)nc2c1. The molecule has 0 radical (unpaired) electrons. The van der Waals surface area contributed by atoms with Crippen molar-refractivity contribution >= 4 is 42.6 Å². The predicted molar refractivity (Wildman–Crippen MR) is 149 cm³/mol. The average molecular weight is 551 g/mol. The predicted octanol–water partition coefficient (Wildman–Crippen LogP) is 4.95. The summed E-state index contributed by atoms with van der Waals surface area (Å²) >= 11 is 1.47. The Hall–Kier alpha value is -3.18. The highest BCUT2D eigenvalue weighted by atomic mass is 32.2. The number of thiazole rings is 1. The number of carbonyl (C=O) groups excluding carboxylic acids is 1. The van der Waals surface area contributed by atoms with Crippen LogP contribution < -0.4 is 4.90 Å². The van der Waals surface area contributed by atoms with E-state index in [2.05, 4.69) is 11.1 Å². The van der Waals surface area contributed by atoms with Crippen LogP contribution in [0.25, 0.3) is 10.2 Å². The molecule has 38 heavy (non-hydrogen) atoms. The van der Waals surface area contributed by atoms with Gasteiger partial charge in [-0.2, -0.15) is 4.31 Å². The Kier molecular flexibility index (Phi) is 7.58. The maximum absolute atomic E-state index is 13.8. The number of fused-ring (bicyclic) bond motifs is 1. The zero-order valence-corrected chi connectivity index (χ0v) is 23.3. The fourth-order valence-corrected chi connectivity index (χ4v) is 6.88. The van der Waals surface area contributed by atoms with E-state index in [0.29, 0.717) is 23.8 Å². The molecule has 1 aliphatic rings. The summed E-state index contributed by atoms with van der Waals surface area (Å²) in [6.45, 7) is 5.32. The molecule has 4 aromatic rings. The molecular weight excluding hydrogens is 520 g/mol. The van der Waals surface area contributed by atoms with Crippen LogP contribution in [0.2, 0.25) is 0 Å². The van der Waals surface area contributed by atoms with Gasteiger partial charge in [0.05, 0.1) is 27.8 Å². The number of anilines is 1. The molecule has 8 nitrogen and oxygen atoms in total. The summed E-state index contributed by atoms with van der Waals surface area (Å²) in [6.07, 6.45) is 5.12. The minimum atomic E-state index is -3.71. The Morgan fingerprint density at radius 1 is 1.16 bits per heavy atom. The van der Waals surface area contributed by atoms with Crippen LogP contribution in [-0.2, 0) is 21.3 Å². The molecule has 0 saturated carbocycles. The fourth-order valence-electron chi connectivity index (χ4n) is 4.66. The lowest BCUT2D eigenvalue weighted by Crippen LogP contribution is -2.34. The Bertz CT molecular complexity index is 1550. The van der Waals surface area contributed by atoms with Gasteiger partial charge in [0, 0.05) is 38.2 Å². The van der Waals surface area contributed by atoms with Gasteiger partial charge < -0.3 is 4.74 Å². The van der Waals surface area contributed by atoms with E-state index in [-0.39, 0.29) is 23.5 Å². The molecule has 1 saturated heterocycles. The number of sulfonamides is 1. The van der Waals surface area contributed by atoms with Gasteiger partial charge >= 0.3 is 0 Å².